The second kappa shape index (κ2) is 6.87. The van der Waals surface area contributed by atoms with E-state index in [4.69, 9.17) is 13.7 Å². The van der Waals surface area contributed by atoms with Gasteiger partial charge in [0.05, 0.1) is 18.4 Å². The van der Waals surface area contributed by atoms with Crippen molar-refractivity contribution in [3.63, 3.8) is 0 Å². The number of hydrogen-bond acceptors (Lipinski definition) is 7. The number of carbonyl (C=O) groups is 1. The van der Waals surface area contributed by atoms with Crippen LogP contribution in [0.2, 0.25) is 0 Å². The van der Waals surface area contributed by atoms with Crippen molar-refractivity contribution in [1.29, 1.82) is 0 Å². The summed E-state index contributed by atoms with van der Waals surface area (Å²) >= 11 is 0. The number of ether oxygens (including phenoxy) is 1. The Hall–Kier alpha value is -2.35. The van der Waals surface area contributed by atoms with Gasteiger partial charge in [-0.05, 0) is 33.3 Å². The molecule has 0 N–H and O–H groups in total. The van der Waals surface area contributed by atoms with Crippen LogP contribution < -0.4 is 0 Å². The SMILES string of the molecule is CN(C(=O)OC(C)(C)C)[C@H]1CCN(Cc2noc(-c3ccoc3)n2)C1. The average Bonchev–Trinajstić information content (AvgIpc) is 3.26. The molecule has 0 saturated carbocycles. The number of likely N-dealkylation sites (tertiary alicyclic amines) is 1. The zero-order chi connectivity index (χ0) is 18.0. The van der Waals surface area contributed by atoms with Gasteiger partial charge in [-0.15, -0.1) is 0 Å². The van der Waals surface area contributed by atoms with Crippen LogP contribution >= 0.6 is 0 Å². The standard InChI is InChI=1S/C17H24N4O4/c1-17(2,3)24-16(22)20(4)13-5-7-21(9-13)10-14-18-15(25-19-14)12-6-8-23-11-12/h6,8,11,13H,5,7,9-10H2,1-4H3/t13-/m0/s1. The van der Waals surface area contributed by atoms with E-state index < -0.39 is 5.60 Å². The van der Waals surface area contributed by atoms with Crippen molar-refractivity contribution in [1.82, 2.24) is 19.9 Å². The van der Waals surface area contributed by atoms with Crippen molar-refractivity contribution < 1.29 is 18.5 Å². The van der Waals surface area contributed by atoms with E-state index in [-0.39, 0.29) is 12.1 Å². The van der Waals surface area contributed by atoms with Gasteiger partial charge in [0.25, 0.3) is 5.89 Å². The third-order valence-corrected chi connectivity index (χ3v) is 4.08. The summed E-state index contributed by atoms with van der Waals surface area (Å²) in [6.45, 7) is 7.81. The van der Waals surface area contributed by atoms with E-state index in [9.17, 15) is 4.79 Å². The highest BCUT2D eigenvalue weighted by Gasteiger charge is 2.31. The normalized spacial score (nSPS) is 18.5. The van der Waals surface area contributed by atoms with E-state index in [2.05, 4.69) is 15.0 Å². The van der Waals surface area contributed by atoms with Gasteiger partial charge in [-0.25, -0.2) is 4.79 Å². The highest BCUT2D eigenvalue weighted by atomic mass is 16.6. The Morgan fingerprint density at radius 2 is 2.28 bits per heavy atom. The second-order valence-electron chi connectivity index (χ2n) is 7.30. The number of aromatic nitrogens is 2. The molecule has 1 atom stereocenters. The minimum atomic E-state index is -0.488. The molecular weight excluding hydrogens is 324 g/mol. The smallest absolute Gasteiger partial charge is 0.410 e. The molecule has 1 aliphatic heterocycles. The van der Waals surface area contributed by atoms with Crippen molar-refractivity contribution in [3.8, 4) is 11.5 Å². The van der Waals surface area contributed by atoms with Crippen LogP contribution in [0.5, 0.6) is 0 Å². The molecule has 0 aliphatic carbocycles. The number of amides is 1. The van der Waals surface area contributed by atoms with Crippen molar-refractivity contribution in [3.05, 3.63) is 24.4 Å². The highest BCUT2D eigenvalue weighted by Crippen LogP contribution is 2.21. The molecule has 0 unspecified atom stereocenters. The Morgan fingerprint density at radius 3 is 2.96 bits per heavy atom. The second-order valence-corrected chi connectivity index (χ2v) is 7.30. The first-order valence-electron chi connectivity index (χ1n) is 8.35. The molecule has 3 rings (SSSR count). The largest absolute Gasteiger partial charge is 0.472 e. The Morgan fingerprint density at radius 1 is 1.48 bits per heavy atom. The number of rotatable bonds is 4. The van der Waals surface area contributed by atoms with E-state index in [0.29, 0.717) is 18.3 Å². The zero-order valence-corrected chi connectivity index (χ0v) is 15.1. The van der Waals surface area contributed by atoms with Gasteiger partial charge in [-0.3, -0.25) is 4.90 Å². The molecule has 1 aliphatic rings. The van der Waals surface area contributed by atoms with Crippen molar-refractivity contribution in [2.24, 2.45) is 0 Å². The van der Waals surface area contributed by atoms with Gasteiger partial charge in [0.2, 0.25) is 0 Å². The fourth-order valence-electron chi connectivity index (χ4n) is 2.78. The Balaban J connectivity index is 1.54. The summed E-state index contributed by atoms with van der Waals surface area (Å²) in [5, 5.41) is 4.01. The summed E-state index contributed by atoms with van der Waals surface area (Å²) in [6.07, 6.45) is 3.74. The van der Waals surface area contributed by atoms with Gasteiger partial charge in [-0.2, -0.15) is 4.98 Å². The number of nitrogens with zero attached hydrogens (tertiary/aromatic N) is 4. The van der Waals surface area contributed by atoms with Gasteiger partial charge < -0.3 is 18.6 Å². The molecule has 1 fully saturated rings. The highest BCUT2D eigenvalue weighted by molar-refractivity contribution is 5.68. The van der Waals surface area contributed by atoms with Crippen molar-refractivity contribution >= 4 is 6.09 Å². The summed E-state index contributed by atoms with van der Waals surface area (Å²) in [5.41, 5.74) is 0.278. The molecule has 8 nitrogen and oxygen atoms in total. The maximum absolute atomic E-state index is 12.2. The van der Waals surface area contributed by atoms with Gasteiger partial charge in [-0.1, -0.05) is 5.16 Å². The van der Waals surface area contributed by atoms with Gasteiger partial charge in [0.15, 0.2) is 5.82 Å². The van der Waals surface area contributed by atoms with Crippen LogP contribution in [-0.2, 0) is 11.3 Å². The minimum absolute atomic E-state index is 0.120. The van der Waals surface area contributed by atoms with Gasteiger partial charge >= 0.3 is 6.09 Å². The number of carbonyl (C=O) groups excluding carboxylic acids is 1. The molecule has 1 amide bonds. The predicted molar refractivity (Wildman–Crippen MR) is 89.7 cm³/mol. The predicted octanol–water partition coefficient (Wildman–Crippen LogP) is 2.77. The molecule has 0 radical (unpaired) electrons. The van der Waals surface area contributed by atoms with Crippen LogP contribution in [-0.4, -0.2) is 57.8 Å². The third kappa shape index (κ3) is 4.39. The van der Waals surface area contributed by atoms with E-state index in [1.807, 2.05) is 20.8 Å². The fraction of sp³-hybridized carbons (Fsp3) is 0.588. The molecule has 3 heterocycles. The molecule has 2 aromatic rings. The van der Waals surface area contributed by atoms with Crippen LogP contribution in [0, 0.1) is 0 Å². The summed E-state index contributed by atoms with van der Waals surface area (Å²) in [7, 11) is 1.79. The monoisotopic (exact) mass is 348 g/mol. The maximum Gasteiger partial charge on any atom is 0.410 e. The molecule has 25 heavy (non-hydrogen) atoms. The lowest BCUT2D eigenvalue weighted by molar-refractivity contribution is 0.0228. The molecule has 0 aromatic carbocycles. The van der Waals surface area contributed by atoms with E-state index in [1.165, 1.54) is 0 Å². The summed E-state index contributed by atoms with van der Waals surface area (Å²) in [4.78, 5) is 20.4. The average molecular weight is 348 g/mol. The molecular formula is C17H24N4O4. The van der Waals surface area contributed by atoms with E-state index in [1.54, 1.807) is 30.5 Å². The van der Waals surface area contributed by atoms with Crippen LogP contribution in [0.25, 0.3) is 11.5 Å². The topological polar surface area (TPSA) is 84.8 Å². The first-order valence-corrected chi connectivity index (χ1v) is 8.35. The fourth-order valence-corrected chi connectivity index (χ4v) is 2.78. The lowest BCUT2D eigenvalue weighted by Crippen LogP contribution is -2.42. The Bertz CT molecular complexity index is 705. The third-order valence-electron chi connectivity index (χ3n) is 4.08. The summed E-state index contributed by atoms with van der Waals surface area (Å²) in [5.74, 6) is 1.07. The minimum Gasteiger partial charge on any atom is -0.472 e. The van der Waals surface area contributed by atoms with Crippen LogP contribution in [0.4, 0.5) is 4.79 Å². The molecule has 8 heteroatoms. The van der Waals surface area contributed by atoms with Crippen molar-refractivity contribution in [2.45, 2.75) is 45.4 Å². The lowest BCUT2D eigenvalue weighted by Gasteiger charge is -2.28. The first kappa shape index (κ1) is 17.5. The van der Waals surface area contributed by atoms with E-state index >= 15 is 0 Å². The van der Waals surface area contributed by atoms with E-state index in [0.717, 1.165) is 25.1 Å². The summed E-state index contributed by atoms with van der Waals surface area (Å²) in [6, 6.07) is 1.90. The van der Waals surface area contributed by atoms with Gasteiger partial charge in [0.1, 0.15) is 11.9 Å². The molecule has 0 bridgehead atoms. The molecule has 0 spiro atoms. The van der Waals surface area contributed by atoms with Crippen LogP contribution in [0.15, 0.2) is 27.5 Å². The first-order chi connectivity index (χ1) is 11.8. The van der Waals surface area contributed by atoms with Crippen LogP contribution in [0.1, 0.15) is 33.0 Å². The molecule has 136 valence electrons. The van der Waals surface area contributed by atoms with Crippen LogP contribution in [0.3, 0.4) is 0 Å². The number of likely N-dealkylation sites (N-methyl/N-ethyl adjacent to an activating group) is 1. The quantitative estimate of drug-likeness (QED) is 0.840. The number of furan rings is 1. The summed E-state index contributed by atoms with van der Waals surface area (Å²) < 4.78 is 15.7. The Kier molecular flexibility index (Phi) is 4.80. The lowest BCUT2D eigenvalue weighted by atomic mass is 10.2. The molecule has 1 saturated heterocycles. The van der Waals surface area contributed by atoms with Crippen molar-refractivity contribution in [2.75, 3.05) is 20.1 Å². The zero-order valence-electron chi connectivity index (χ0n) is 15.1. The molecule has 2 aromatic heterocycles. The number of hydrogen-bond donors (Lipinski definition) is 0. The maximum atomic E-state index is 12.2. The van der Waals surface area contributed by atoms with Gasteiger partial charge in [0, 0.05) is 26.2 Å². The Labute approximate surface area is 146 Å².